The predicted molar refractivity (Wildman–Crippen MR) is 89.3 cm³/mol. The summed E-state index contributed by atoms with van der Waals surface area (Å²) in [5, 5.41) is 21.1. The van der Waals surface area contributed by atoms with Gasteiger partial charge >= 0.3 is 5.97 Å². The van der Waals surface area contributed by atoms with Crippen molar-refractivity contribution in [1.82, 2.24) is 4.57 Å². The van der Waals surface area contributed by atoms with Gasteiger partial charge in [0.25, 0.3) is 0 Å². The summed E-state index contributed by atoms with van der Waals surface area (Å²) >= 11 is 0. The van der Waals surface area contributed by atoms with Crippen molar-refractivity contribution >= 4 is 27.5 Å². The fraction of sp³-hybridized carbons (Fsp3) is 0.118. The molecule has 118 valence electrons. The van der Waals surface area contributed by atoms with Gasteiger partial charge in [-0.25, -0.2) is 4.79 Å². The number of aromatic carboxylic acids is 1. The van der Waals surface area contributed by atoms with Crippen molar-refractivity contribution in [2.75, 3.05) is 6.26 Å². The zero-order valence-corrected chi connectivity index (χ0v) is 13.4. The van der Waals surface area contributed by atoms with E-state index in [1.54, 1.807) is 43.8 Å². The van der Waals surface area contributed by atoms with Gasteiger partial charge in [-0.1, -0.05) is 12.1 Å². The van der Waals surface area contributed by atoms with Gasteiger partial charge in [0.05, 0.1) is 0 Å². The van der Waals surface area contributed by atoms with Crippen LogP contribution < -0.4 is 0 Å². The highest BCUT2D eigenvalue weighted by Gasteiger charge is 2.16. The molecule has 2 aromatic carbocycles. The maximum atomic E-state index is 11.6. The number of fused-ring (bicyclic) bond motifs is 1. The number of phenols is 1. The number of carboxylic acid groups (broad SMARTS) is 1. The summed E-state index contributed by atoms with van der Waals surface area (Å²) in [5.41, 5.74) is 1.33. The van der Waals surface area contributed by atoms with Gasteiger partial charge in [-0.3, -0.25) is 4.21 Å². The lowest BCUT2D eigenvalue weighted by Gasteiger charge is -2.09. The number of aromatic nitrogens is 1. The molecule has 1 aromatic heterocycles. The quantitative estimate of drug-likeness (QED) is 0.774. The summed E-state index contributed by atoms with van der Waals surface area (Å²) in [6.07, 6.45) is 3.28. The van der Waals surface area contributed by atoms with Crippen LogP contribution in [0.3, 0.4) is 0 Å². The van der Waals surface area contributed by atoms with Crippen LogP contribution in [-0.2, 0) is 17.8 Å². The standard InChI is InChI=1S/C17H15NO4S/c1-18-9-11(8-14(18)17(20)21)16-13-5-4-12(23(2)22)7-10(13)3-6-15(16)19/h3-9,19H,1-2H3,(H,20,21). The first-order valence-corrected chi connectivity index (χ1v) is 8.43. The third-order valence-electron chi connectivity index (χ3n) is 3.81. The predicted octanol–water partition coefficient (Wildman–Crippen LogP) is 2.99. The molecular formula is C17H15NO4S. The van der Waals surface area contributed by atoms with Gasteiger partial charge in [0, 0.05) is 46.3 Å². The molecule has 5 nitrogen and oxygen atoms in total. The zero-order chi connectivity index (χ0) is 16.7. The van der Waals surface area contributed by atoms with E-state index in [4.69, 9.17) is 0 Å². The molecule has 0 saturated heterocycles. The molecule has 0 amide bonds. The van der Waals surface area contributed by atoms with Crippen LogP contribution in [0.15, 0.2) is 47.5 Å². The highest BCUT2D eigenvalue weighted by molar-refractivity contribution is 7.84. The normalized spacial score (nSPS) is 12.4. The van der Waals surface area contributed by atoms with E-state index in [1.165, 1.54) is 10.6 Å². The van der Waals surface area contributed by atoms with E-state index in [0.29, 0.717) is 16.0 Å². The number of carbonyl (C=O) groups is 1. The van der Waals surface area contributed by atoms with Gasteiger partial charge in [-0.15, -0.1) is 0 Å². The molecule has 1 unspecified atom stereocenters. The molecular weight excluding hydrogens is 314 g/mol. The van der Waals surface area contributed by atoms with E-state index in [1.807, 2.05) is 6.07 Å². The summed E-state index contributed by atoms with van der Waals surface area (Å²) in [6, 6.07) is 10.2. The van der Waals surface area contributed by atoms with Gasteiger partial charge in [0.2, 0.25) is 0 Å². The molecule has 1 atom stereocenters. The van der Waals surface area contributed by atoms with Crippen LogP contribution >= 0.6 is 0 Å². The first kappa shape index (κ1) is 15.3. The Hall–Kier alpha value is -2.60. The van der Waals surface area contributed by atoms with Crippen molar-refractivity contribution in [2.24, 2.45) is 7.05 Å². The Kier molecular flexibility index (Phi) is 3.69. The topological polar surface area (TPSA) is 79.5 Å². The Bertz CT molecular complexity index is 959. The van der Waals surface area contributed by atoms with Crippen molar-refractivity contribution in [3.05, 3.63) is 48.3 Å². The molecule has 0 saturated carbocycles. The maximum Gasteiger partial charge on any atom is 0.352 e. The number of carboxylic acids is 1. The molecule has 2 N–H and O–H groups in total. The largest absolute Gasteiger partial charge is 0.507 e. The molecule has 0 spiro atoms. The van der Waals surface area contributed by atoms with Gasteiger partial charge in [-0.05, 0) is 35.0 Å². The summed E-state index contributed by atoms with van der Waals surface area (Å²) in [4.78, 5) is 11.9. The average molecular weight is 329 g/mol. The monoisotopic (exact) mass is 329 g/mol. The molecule has 3 aromatic rings. The Morgan fingerprint density at radius 3 is 2.52 bits per heavy atom. The summed E-state index contributed by atoms with van der Waals surface area (Å²) in [7, 11) is 0.555. The van der Waals surface area contributed by atoms with Crippen LogP contribution in [0.25, 0.3) is 21.9 Å². The third-order valence-corrected chi connectivity index (χ3v) is 4.73. The van der Waals surface area contributed by atoms with E-state index >= 15 is 0 Å². The van der Waals surface area contributed by atoms with Crippen molar-refractivity contribution in [2.45, 2.75) is 4.90 Å². The number of hydrogen-bond donors (Lipinski definition) is 2. The van der Waals surface area contributed by atoms with Crippen molar-refractivity contribution in [3.63, 3.8) is 0 Å². The molecule has 1 heterocycles. The van der Waals surface area contributed by atoms with Gasteiger partial charge < -0.3 is 14.8 Å². The molecule has 23 heavy (non-hydrogen) atoms. The van der Waals surface area contributed by atoms with Crippen molar-refractivity contribution in [3.8, 4) is 16.9 Å². The number of nitrogens with zero attached hydrogens (tertiary/aromatic N) is 1. The van der Waals surface area contributed by atoms with E-state index in [9.17, 15) is 19.2 Å². The van der Waals surface area contributed by atoms with Crippen LogP contribution in [0.4, 0.5) is 0 Å². The zero-order valence-electron chi connectivity index (χ0n) is 12.6. The smallest absolute Gasteiger partial charge is 0.352 e. The lowest BCUT2D eigenvalue weighted by Crippen LogP contribution is -2.02. The average Bonchev–Trinajstić information content (AvgIpc) is 2.88. The second kappa shape index (κ2) is 5.55. The lowest BCUT2D eigenvalue weighted by atomic mass is 9.99. The molecule has 0 aliphatic heterocycles. The number of aromatic hydroxyl groups is 1. The van der Waals surface area contributed by atoms with Crippen LogP contribution in [0.2, 0.25) is 0 Å². The Balaban J connectivity index is 2.28. The number of aryl methyl sites for hydroxylation is 1. The Labute approximate surface area is 135 Å². The Morgan fingerprint density at radius 2 is 1.91 bits per heavy atom. The molecule has 0 aliphatic rings. The number of benzene rings is 2. The van der Waals surface area contributed by atoms with Gasteiger partial charge in [0.1, 0.15) is 11.4 Å². The second-order valence-electron chi connectivity index (χ2n) is 5.33. The molecule has 0 fully saturated rings. The fourth-order valence-corrected chi connectivity index (χ4v) is 3.25. The third kappa shape index (κ3) is 2.61. The SMILES string of the molecule is Cn1cc(-c2c(O)ccc3cc(S(C)=O)ccc23)cc1C(=O)O. The minimum absolute atomic E-state index is 0.0745. The van der Waals surface area contributed by atoms with Gasteiger partial charge in [0.15, 0.2) is 0 Å². The number of hydrogen-bond acceptors (Lipinski definition) is 3. The van der Waals surface area contributed by atoms with Gasteiger partial charge in [-0.2, -0.15) is 0 Å². The molecule has 3 rings (SSSR count). The molecule has 0 aliphatic carbocycles. The highest BCUT2D eigenvalue weighted by Crippen LogP contribution is 2.37. The van der Waals surface area contributed by atoms with E-state index in [2.05, 4.69) is 0 Å². The number of phenolic OH excluding ortho intramolecular Hbond substituents is 1. The van der Waals surface area contributed by atoms with E-state index in [-0.39, 0.29) is 11.4 Å². The van der Waals surface area contributed by atoms with Crippen LogP contribution in [0, 0.1) is 0 Å². The fourth-order valence-electron chi connectivity index (χ4n) is 2.69. The number of rotatable bonds is 3. The summed E-state index contributed by atoms with van der Waals surface area (Å²) in [5.74, 6) is -0.951. The first-order valence-electron chi connectivity index (χ1n) is 6.87. The Morgan fingerprint density at radius 1 is 1.17 bits per heavy atom. The minimum Gasteiger partial charge on any atom is -0.507 e. The molecule has 0 bridgehead atoms. The summed E-state index contributed by atoms with van der Waals surface area (Å²) in [6.45, 7) is 0. The van der Waals surface area contributed by atoms with Crippen molar-refractivity contribution in [1.29, 1.82) is 0 Å². The van der Waals surface area contributed by atoms with Crippen LogP contribution in [0.1, 0.15) is 10.5 Å². The summed E-state index contributed by atoms with van der Waals surface area (Å²) < 4.78 is 13.1. The second-order valence-corrected chi connectivity index (χ2v) is 6.71. The minimum atomic E-state index is -1.09. The maximum absolute atomic E-state index is 11.6. The van der Waals surface area contributed by atoms with Crippen LogP contribution in [0.5, 0.6) is 5.75 Å². The lowest BCUT2D eigenvalue weighted by molar-refractivity contribution is 0.0686. The van der Waals surface area contributed by atoms with E-state index in [0.717, 1.165) is 10.8 Å². The highest BCUT2D eigenvalue weighted by atomic mass is 32.2. The van der Waals surface area contributed by atoms with Crippen LogP contribution in [-0.4, -0.2) is 31.2 Å². The molecule has 6 heteroatoms. The van der Waals surface area contributed by atoms with Crippen molar-refractivity contribution < 1.29 is 19.2 Å². The van der Waals surface area contributed by atoms with E-state index < -0.39 is 16.8 Å². The molecule has 0 radical (unpaired) electrons. The first-order chi connectivity index (χ1) is 10.9.